The summed E-state index contributed by atoms with van der Waals surface area (Å²) in [5.74, 6) is 0.314. The average molecular weight is 360 g/mol. The number of carbonyl (C=O) groups is 2. The number of ketones is 1. The van der Waals surface area contributed by atoms with Crippen molar-refractivity contribution < 1.29 is 19.1 Å². The summed E-state index contributed by atoms with van der Waals surface area (Å²) in [5.41, 5.74) is 4.37. The summed E-state index contributed by atoms with van der Waals surface area (Å²) in [7, 11) is 3.02. The Kier molecular flexibility index (Phi) is 4.08. The van der Waals surface area contributed by atoms with E-state index in [1.807, 2.05) is 30.3 Å². The van der Waals surface area contributed by atoms with Gasteiger partial charge < -0.3 is 9.47 Å². The van der Waals surface area contributed by atoms with Gasteiger partial charge in [-0.1, -0.05) is 36.4 Å². The number of methoxy groups -OCH3 is 2. The largest absolute Gasteiger partial charge is 0.493 e. The number of ether oxygens (including phenoxy) is 2. The second-order valence-corrected chi connectivity index (χ2v) is 6.01. The summed E-state index contributed by atoms with van der Waals surface area (Å²) in [6, 6.07) is 16.0. The molecule has 0 heterocycles. The van der Waals surface area contributed by atoms with Crippen LogP contribution >= 0.6 is 0 Å². The maximum atomic E-state index is 12.7. The number of amides is 1. The first-order valence-electron chi connectivity index (χ1n) is 8.31. The Labute approximate surface area is 155 Å². The van der Waals surface area contributed by atoms with Crippen LogP contribution in [0.4, 0.5) is 0 Å². The normalized spacial score (nSPS) is 13.9. The van der Waals surface area contributed by atoms with Gasteiger partial charge in [-0.2, -0.15) is 5.10 Å². The van der Waals surface area contributed by atoms with Crippen molar-refractivity contribution in [3.63, 3.8) is 0 Å². The minimum Gasteiger partial charge on any atom is -0.493 e. The summed E-state index contributed by atoms with van der Waals surface area (Å²) in [5, 5.41) is 5.95. The molecule has 3 aromatic rings. The third-order valence-corrected chi connectivity index (χ3v) is 4.53. The molecule has 0 saturated carbocycles. The standard InChI is InChI=1S/C21H16N2O4/c1-26-16-10-9-13(11-17(16)27-2)21(25)23-22-19-14-7-3-5-12-6-4-8-15(18(12)14)20(19)24/h3-11H,1-2H3,(H,23,25)/b22-19-. The molecule has 4 rings (SSSR count). The molecule has 6 nitrogen and oxygen atoms in total. The van der Waals surface area contributed by atoms with Crippen LogP contribution in [0.3, 0.4) is 0 Å². The molecule has 0 aliphatic heterocycles. The van der Waals surface area contributed by atoms with Crippen molar-refractivity contribution in [1.29, 1.82) is 0 Å². The number of rotatable bonds is 4. The maximum absolute atomic E-state index is 12.7. The van der Waals surface area contributed by atoms with E-state index in [1.165, 1.54) is 14.2 Å². The fraction of sp³-hybridized carbons (Fsp3) is 0.0952. The summed E-state index contributed by atoms with van der Waals surface area (Å²) < 4.78 is 10.4. The van der Waals surface area contributed by atoms with Crippen molar-refractivity contribution in [2.75, 3.05) is 14.2 Å². The minimum absolute atomic E-state index is 0.200. The molecule has 0 spiro atoms. The van der Waals surface area contributed by atoms with Gasteiger partial charge in [0.1, 0.15) is 5.71 Å². The van der Waals surface area contributed by atoms with E-state index in [4.69, 9.17) is 9.47 Å². The molecule has 27 heavy (non-hydrogen) atoms. The molecule has 6 heteroatoms. The fourth-order valence-corrected chi connectivity index (χ4v) is 3.24. The Morgan fingerprint density at radius 3 is 2.33 bits per heavy atom. The van der Waals surface area contributed by atoms with Crippen molar-refractivity contribution in [1.82, 2.24) is 5.43 Å². The van der Waals surface area contributed by atoms with E-state index < -0.39 is 5.91 Å². The van der Waals surface area contributed by atoms with Crippen LogP contribution in [0.15, 0.2) is 59.7 Å². The van der Waals surface area contributed by atoms with Crippen LogP contribution < -0.4 is 14.9 Å². The molecule has 1 N–H and O–H groups in total. The highest BCUT2D eigenvalue weighted by Gasteiger charge is 2.29. The molecule has 0 fully saturated rings. The van der Waals surface area contributed by atoms with Gasteiger partial charge in [-0.05, 0) is 23.6 Å². The number of nitrogens with zero attached hydrogens (tertiary/aromatic N) is 1. The molecule has 0 aromatic heterocycles. The van der Waals surface area contributed by atoms with Crippen LogP contribution in [-0.4, -0.2) is 31.6 Å². The van der Waals surface area contributed by atoms with Gasteiger partial charge >= 0.3 is 0 Å². The molecule has 0 bridgehead atoms. The van der Waals surface area contributed by atoms with E-state index in [1.54, 1.807) is 24.3 Å². The molecule has 0 saturated heterocycles. The topological polar surface area (TPSA) is 77.0 Å². The highest BCUT2D eigenvalue weighted by molar-refractivity contribution is 6.59. The maximum Gasteiger partial charge on any atom is 0.271 e. The molecular weight excluding hydrogens is 344 g/mol. The van der Waals surface area contributed by atoms with Gasteiger partial charge in [0.15, 0.2) is 11.5 Å². The van der Waals surface area contributed by atoms with E-state index in [0.717, 1.165) is 16.3 Å². The average Bonchev–Trinajstić information content (AvgIpc) is 2.99. The zero-order valence-electron chi connectivity index (χ0n) is 14.8. The lowest BCUT2D eigenvalue weighted by atomic mass is 10.1. The molecule has 0 atom stereocenters. The summed E-state index contributed by atoms with van der Waals surface area (Å²) in [6.45, 7) is 0. The van der Waals surface area contributed by atoms with Crippen LogP contribution in [0.25, 0.3) is 10.8 Å². The van der Waals surface area contributed by atoms with Gasteiger partial charge in [0.05, 0.1) is 14.2 Å². The first-order chi connectivity index (χ1) is 13.1. The molecule has 1 aliphatic rings. The van der Waals surface area contributed by atoms with E-state index in [9.17, 15) is 9.59 Å². The Hall–Kier alpha value is -3.67. The minimum atomic E-state index is -0.445. The van der Waals surface area contributed by atoms with Gasteiger partial charge in [0, 0.05) is 22.1 Å². The Morgan fingerprint density at radius 2 is 1.63 bits per heavy atom. The third-order valence-electron chi connectivity index (χ3n) is 4.53. The lowest BCUT2D eigenvalue weighted by Crippen LogP contribution is -2.22. The molecular formula is C21H16N2O4. The predicted octanol–water partition coefficient (Wildman–Crippen LogP) is 3.19. The van der Waals surface area contributed by atoms with Gasteiger partial charge in [0.2, 0.25) is 5.78 Å². The molecule has 134 valence electrons. The first kappa shape index (κ1) is 16.8. The molecule has 1 aliphatic carbocycles. The first-order valence-corrected chi connectivity index (χ1v) is 8.31. The number of Topliss-reactive ketones (excluding diaryl/α,β-unsaturated/α-hetero) is 1. The van der Waals surface area contributed by atoms with E-state index in [-0.39, 0.29) is 11.5 Å². The Bertz CT molecular complexity index is 1110. The Balaban J connectivity index is 1.65. The van der Waals surface area contributed by atoms with E-state index in [2.05, 4.69) is 10.5 Å². The van der Waals surface area contributed by atoms with Gasteiger partial charge in [-0.25, -0.2) is 5.43 Å². The monoisotopic (exact) mass is 360 g/mol. The lowest BCUT2D eigenvalue weighted by molar-refractivity contribution is 0.0954. The van der Waals surface area contributed by atoms with Crippen molar-refractivity contribution in [3.05, 3.63) is 71.3 Å². The Morgan fingerprint density at radius 1 is 0.926 bits per heavy atom. The summed E-state index contributed by atoms with van der Waals surface area (Å²) >= 11 is 0. The van der Waals surface area contributed by atoms with Gasteiger partial charge in [0.25, 0.3) is 5.91 Å². The number of hydrazone groups is 1. The van der Waals surface area contributed by atoms with Crippen molar-refractivity contribution in [2.45, 2.75) is 0 Å². The SMILES string of the molecule is COc1ccc(C(=O)N/N=C2\C(=O)c3cccc4cccc2c34)cc1OC. The van der Waals surface area contributed by atoms with Crippen LogP contribution in [0, 0.1) is 0 Å². The highest BCUT2D eigenvalue weighted by atomic mass is 16.5. The zero-order chi connectivity index (χ0) is 19.0. The van der Waals surface area contributed by atoms with Crippen molar-refractivity contribution >= 4 is 28.2 Å². The second-order valence-electron chi connectivity index (χ2n) is 6.01. The van der Waals surface area contributed by atoms with Crippen LogP contribution in [-0.2, 0) is 0 Å². The van der Waals surface area contributed by atoms with Gasteiger partial charge in [-0.3, -0.25) is 9.59 Å². The van der Waals surface area contributed by atoms with Crippen LogP contribution in [0.2, 0.25) is 0 Å². The van der Waals surface area contributed by atoms with Crippen molar-refractivity contribution in [3.8, 4) is 11.5 Å². The summed E-state index contributed by atoms with van der Waals surface area (Å²) in [6.07, 6.45) is 0. The number of nitrogens with one attached hydrogen (secondary N) is 1. The number of carbonyl (C=O) groups excluding carboxylic acids is 2. The smallest absolute Gasteiger partial charge is 0.271 e. The summed E-state index contributed by atoms with van der Waals surface area (Å²) in [4.78, 5) is 25.2. The quantitative estimate of drug-likeness (QED) is 0.725. The molecule has 3 aromatic carbocycles. The number of hydrogen-bond acceptors (Lipinski definition) is 5. The molecule has 0 unspecified atom stereocenters. The van der Waals surface area contributed by atoms with E-state index >= 15 is 0 Å². The third kappa shape index (κ3) is 2.71. The van der Waals surface area contributed by atoms with Crippen LogP contribution in [0.1, 0.15) is 26.3 Å². The van der Waals surface area contributed by atoms with Crippen LogP contribution in [0.5, 0.6) is 11.5 Å². The van der Waals surface area contributed by atoms with E-state index in [0.29, 0.717) is 22.6 Å². The second kappa shape index (κ2) is 6.57. The molecule has 1 amide bonds. The fourth-order valence-electron chi connectivity index (χ4n) is 3.24. The highest BCUT2D eigenvalue weighted by Crippen LogP contribution is 2.31. The lowest BCUT2D eigenvalue weighted by Gasteiger charge is -2.09. The van der Waals surface area contributed by atoms with Gasteiger partial charge in [-0.15, -0.1) is 0 Å². The zero-order valence-corrected chi connectivity index (χ0v) is 14.8. The number of benzene rings is 3. The van der Waals surface area contributed by atoms with Crippen molar-refractivity contribution in [2.24, 2.45) is 5.10 Å². The predicted molar refractivity (Wildman–Crippen MR) is 102 cm³/mol. The number of hydrogen-bond donors (Lipinski definition) is 1. The molecule has 0 radical (unpaired) electrons.